The number of allylic oxidation sites excluding steroid dienone is 2. The molecule has 4 aromatic carbocycles. The van der Waals surface area contributed by atoms with Crippen molar-refractivity contribution >= 4 is 21.6 Å². The number of anilines is 1. The summed E-state index contributed by atoms with van der Waals surface area (Å²) in [5.74, 6) is 2.30. The Bertz CT molecular complexity index is 1400. The summed E-state index contributed by atoms with van der Waals surface area (Å²) in [5, 5.41) is 3.86. The first-order chi connectivity index (χ1) is 17.7. The second kappa shape index (κ2) is 9.87. The monoisotopic (exact) mass is 537 g/mol. The minimum atomic E-state index is 0.174. The third-order valence-electron chi connectivity index (χ3n) is 7.31. The molecule has 0 amide bonds. The molecule has 3 nitrogen and oxygen atoms in total. The summed E-state index contributed by atoms with van der Waals surface area (Å²) in [7, 11) is 1.70. The molecule has 0 spiro atoms. The zero-order valence-electron chi connectivity index (χ0n) is 20.2. The fourth-order valence-corrected chi connectivity index (χ4v) is 6.10. The van der Waals surface area contributed by atoms with E-state index < -0.39 is 0 Å². The summed E-state index contributed by atoms with van der Waals surface area (Å²) >= 11 is 3.77. The van der Waals surface area contributed by atoms with Gasteiger partial charge in [-0.2, -0.15) is 0 Å². The maximum atomic E-state index is 6.18. The number of ether oxygens (including phenoxy) is 2. The highest BCUT2D eigenvalue weighted by Gasteiger charge is 2.38. The first kappa shape index (κ1) is 22.9. The minimum absolute atomic E-state index is 0.174. The molecule has 1 aliphatic carbocycles. The summed E-state index contributed by atoms with van der Waals surface area (Å²) in [6, 6.07) is 32.1. The Labute approximate surface area is 220 Å². The molecule has 0 bridgehead atoms. The van der Waals surface area contributed by atoms with Crippen molar-refractivity contribution in [1.29, 1.82) is 0 Å². The van der Waals surface area contributed by atoms with Gasteiger partial charge in [0, 0.05) is 11.6 Å². The fraction of sp³-hybridized carbons (Fsp3) is 0.188. The lowest BCUT2D eigenvalue weighted by atomic mass is 9.76. The number of benzene rings is 4. The summed E-state index contributed by atoms with van der Waals surface area (Å²) in [5.41, 5.74) is 7.41. The van der Waals surface area contributed by atoms with E-state index in [4.69, 9.17) is 9.47 Å². The summed E-state index contributed by atoms with van der Waals surface area (Å²) in [6.45, 7) is 0.489. The van der Waals surface area contributed by atoms with Gasteiger partial charge in [0.1, 0.15) is 6.61 Å². The van der Waals surface area contributed by atoms with Gasteiger partial charge in [-0.15, -0.1) is 0 Å². The SMILES string of the molecule is COc1cc([C@@H]2Nc3ccc(-c4ccccc4)cc3[C@@H]3C=CC[C@H]32)cc(Br)c1OCc1ccccc1. The van der Waals surface area contributed by atoms with Crippen LogP contribution in [0.2, 0.25) is 0 Å². The Morgan fingerprint density at radius 3 is 2.44 bits per heavy atom. The first-order valence-corrected chi connectivity index (χ1v) is 13.2. The molecule has 0 fully saturated rings. The van der Waals surface area contributed by atoms with E-state index in [1.54, 1.807) is 7.11 Å². The Morgan fingerprint density at radius 1 is 0.889 bits per heavy atom. The Kier molecular flexibility index (Phi) is 6.28. The molecule has 0 radical (unpaired) electrons. The van der Waals surface area contributed by atoms with E-state index in [2.05, 4.69) is 106 Å². The molecule has 0 unspecified atom stereocenters. The fourth-order valence-electron chi connectivity index (χ4n) is 5.52. The van der Waals surface area contributed by atoms with Crippen LogP contribution in [-0.4, -0.2) is 7.11 Å². The van der Waals surface area contributed by atoms with Gasteiger partial charge in [-0.05, 0) is 80.4 Å². The average molecular weight is 538 g/mol. The van der Waals surface area contributed by atoms with Gasteiger partial charge in [0.05, 0.1) is 17.6 Å². The topological polar surface area (TPSA) is 30.5 Å². The second-order valence-electron chi connectivity index (χ2n) is 9.45. The van der Waals surface area contributed by atoms with E-state index >= 15 is 0 Å². The Morgan fingerprint density at radius 2 is 1.67 bits per heavy atom. The summed E-state index contributed by atoms with van der Waals surface area (Å²) < 4.78 is 12.9. The lowest BCUT2D eigenvalue weighted by Crippen LogP contribution is -2.29. The molecule has 6 rings (SSSR count). The van der Waals surface area contributed by atoms with Gasteiger partial charge in [-0.1, -0.05) is 78.9 Å². The number of rotatable bonds is 6. The second-order valence-corrected chi connectivity index (χ2v) is 10.3. The number of hydrogen-bond donors (Lipinski definition) is 1. The van der Waals surface area contributed by atoms with Crippen molar-refractivity contribution in [3.05, 3.63) is 124 Å². The van der Waals surface area contributed by atoms with Crippen molar-refractivity contribution < 1.29 is 9.47 Å². The molecule has 0 saturated heterocycles. The predicted molar refractivity (Wildman–Crippen MR) is 150 cm³/mol. The molecule has 0 aromatic heterocycles. The molecule has 36 heavy (non-hydrogen) atoms. The van der Waals surface area contributed by atoms with Crippen LogP contribution >= 0.6 is 15.9 Å². The smallest absolute Gasteiger partial charge is 0.175 e. The number of nitrogens with one attached hydrogen (secondary N) is 1. The number of fused-ring (bicyclic) bond motifs is 3. The molecule has 4 aromatic rings. The van der Waals surface area contributed by atoms with Gasteiger partial charge < -0.3 is 14.8 Å². The zero-order chi connectivity index (χ0) is 24.5. The van der Waals surface area contributed by atoms with Crippen LogP contribution in [0.25, 0.3) is 11.1 Å². The Hall–Kier alpha value is -3.50. The van der Waals surface area contributed by atoms with Crippen LogP contribution in [0, 0.1) is 5.92 Å². The van der Waals surface area contributed by atoms with E-state index in [0.29, 0.717) is 18.4 Å². The number of methoxy groups -OCH3 is 1. The maximum Gasteiger partial charge on any atom is 0.175 e. The Balaban J connectivity index is 1.31. The lowest BCUT2D eigenvalue weighted by molar-refractivity contribution is 0.282. The molecule has 0 saturated carbocycles. The largest absolute Gasteiger partial charge is 0.493 e. The van der Waals surface area contributed by atoms with Crippen molar-refractivity contribution in [2.45, 2.75) is 25.0 Å². The molecular weight excluding hydrogens is 510 g/mol. The molecule has 3 atom stereocenters. The minimum Gasteiger partial charge on any atom is -0.493 e. The highest BCUT2D eigenvalue weighted by atomic mass is 79.9. The summed E-state index contributed by atoms with van der Waals surface area (Å²) in [4.78, 5) is 0. The van der Waals surface area contributed by atoms with E-state index in [1.165, 1.54) is 27.9 Å². The lowest BCUT2D eigenvalue weighted by Gasteiger charge is -2.38. The van der Waals surface area contributed by atoms with E-state index in [-0.39, 0.29) is 6.04 Å². The van der Waals surface area contributed by atoms with Crippen molar-refractivity contribution in [3.63, 3.8) is 0 Å². The normalized spacial score (nSPS) is 19.8. The van der Waals surface area contributed by atoms with Gasteiger partial charge in [0.2, 0.25) is 0 Å². The first-order valence-electron chi connectivity index (χ1n) is 12.4. The van der Waals surface area contributed by atoms with Crippen LogP contribution < -0.4 is 14.8 Å². The third kappa shape index (κ3) is 4.31. The third-order valence-corrected chi connectivity index (χ3v) is 7.90. The van der Waals surface area contributed by atoms with Crippen LogP contribution in [0.15, 0.2) is 108 Å². The van der Waals surface area contributed by atoms with Crippen molar-refractivity contribution in [2.24, 2.45) is 5.92 Å². The maximum absolute atomic E-state index is 6.18. The van der Waals surface area contributed by atoms with Crippen LogP contribution in [-0.2, 0) is 6.61 Å². The van der Waals surface area contributed by atoms with E-state index in [0.717, 1.165) is 28.0 Å². The van der Waals surface area contributed by atoms with Gasteiger partial charge in [0.15, 0.2) is 11.5 Å². The van der Waals surface area contributed by atoms with Crippen LogP contribution in [0.3, 0.4) is 0 Å². The van der Waals surface area contributed by atoms with E-state index in [1.807, 2.05) is 18.2 Å². The quantitative estimate of drug-likeness (QED) is 0.250. The highest BCUT2D eigenvalue weighted by molar-refractivity contribution is 9.10. The average Bonchev–Trinajstić information content (AvgIpc) is 3.43. The van der Waals surface area contributed by atoms with Crippen molar-refractivity contribution in [1.82, 2.24) is 0 Å². The molecule has 2 aliphatic rings. The van der Waals surface area contributed by atoms with Gasteiger partial charge in [-0.3, -0.25) is 0 Å². The van der Waals surface area contributed by atoms with Crippen LogP contribution in [0.1, 0.15) is 35.1 Å². The predicted octanol–water partition coefficient (Wildman–Crippen LogP) is 8.53. The molecule has 4 heteroatoms. The highest BCUT2D eigenvalue weighted by Crippen LogP contribution is 2.52. The molecule has 1 aliphatic heterocycles. The van der Waals surface area contributed by atoms with Gasteiger partial charge >= 0.3 is 0 Å². The van der Waals surface area contributed by atoms with E-state index in [9.17, 15) is 0 Å². The number of halogens is 1. The zero-order valence-corrected chi connectivity index (χ0v) is 21.7. The standard InChI is InChI=1S/C32H28BrNO2/c1-35-30-19-24(18-28(33)32(30)36-20-21-9-4-2-5-10-21)31-26-14-8-13-25(26)27-17-23(15-16-29(27)34-31)22-11-6-3-7-12-22/h2-13,15-19,25-26,31,34H,14,20H2,1H3/t25-,26-,31+/m1/s1. The summed E-state index contributed by atoms with van der Waals surface area (Å²) in [6.07, 6.45) is 5.76. The molecule has 1 N–H and O–H groups in total. The van der Waals surface area contributed by atoms with Gasteiger partial charge in [-0.25, -0.2) is 0 Å². The van der Waals surface area contributed by atoms with Crippen molar-refractivity contribution in [2.75, 3.05) is 12.4 Å². The van der Waals surface area contributed by atoms with Crippen LogP contribution in [0.4, 0.5) is 5.69 Å². The molecular formula is C32H28BrNO2. The van der Waals surface area contributed by atoms with Crippen molar-refractivity contribution in [3.8, 4) is 22.6 Å². The molecule has 1 heterocycles. The molecule has 180 valence electrons. The van der Waals surface area contributed by atoms with Gasteiger partial charge in [0.25, 0.3) is 0 Å². The number of hydrogen-bond acceptors (Lipinski definition) is 3. The van der Waals surface area contributed by atoms with Crippen LogP contribution in [0.5, 0.6) is 11.5 Å².